The molecule has 0 bridgehead atoms. The molecule has 1 aliphatic heterocycles. The number of benzene rings is 3. The Morgan fingerprint density at radius 2 is 1.68 bits per heavy atom. The molecule has 3 aromatic carbocycles. The van der Waals surface area contributed by atoms with E-state index in [1.165, 1.54) is 24.5 Å². The number of phenolic OH excluding ortho intramolecular Hbond substituents is 2. The Balaban J connectivity index is 1.77. The average Bonchev–Trinajstić information content (AvgIpc) is 2.74. The second kappa shape index (κ2) is 7.18. The summed E-state index contributed by atoms with van der Waals surface area (Å²) in [5, 5.41) is 20.7. The van der Waals surface area contributed by atoms with Gasteiger partial charge < -0.3 is 19.4 Å². The normalized spacial score (nSPS) is 15.5. The molecule has 0 fully saturated rings. The maximum absolute atomic E-state index is 13.3. The Bertz CT molecular complexity index is 1390. The fourth-order valence-electron chi connectivity index (χ4n) is 3.95. The molecule has 7 heteroatoms. The van der Waals surface area contributed by atoms with Gasteiger partial charge >= 0.3 is 5.97 Å². The molecule has 5 rings (SSSR count). The van der Waals surface area contributed by atoms with Crippen molar-refractivity contribution in [2.75, 3.05) is 0 Å². The first-order valence-corrected chi connectivity index (χ1v) is 9.87. The Kier molecular flexibility index (Phi) is 4.45. The first-order chi connectivity index (χ1) is 14.9. The number of carbonyl (C=O) groups excluding carboxylic acids is 1. The van der Waals surface area contributed by atoms with Crippen LogP contribution in [-0.2, 0) is 4.79 Å². The van der Waals surface area contributed by atoms with Crippen LogP contribution in [0.25, 0.3) is 22.1 Å². The lowest BCUT2D eigenvalue weighted by atomic mass is 9.85. The van der Waals surface area contributed by atoms with Gasteiger partial charge in [-0.05, 0) is 35.4 Å². The third-order valence-electron chi connectivity index (χ3n) is 5.42. The molecule has 0 spiro atoms. The highest BCUT2D eigenvalue weighted by molar-refractivity contribution is 6.30. The van der Waals surface area contributed by atoms with Gasteiger partial charge in [-0.3, -0.25) is 9.59 Å². The van der Waals surface area contributed by atoms with Gasteiger partial charge in [0.25, 0.3) is 0 Å². The number of halogens is 1. The van der Waals surface area contributed by atoms with Crippen LogP contribution in [0, 0.1) is 0 Å². The molecule has 1 aliphatic rings. The van der Waals surface area contributed by atoms with Gasteiger partial charge in [-0.2, -0.15) is 0 Å². The van der Waals surface area contributed by atoms with Gasteiger partial charge in [0.15, 0.2) is 0 Å². The Morgan fingerprint density at radius 3 is 2.39 bits per heavy atom. The number of esters is 1. The highest BCUT2D eigenvalue weighted by atomic mass is 35.5. The van der Waals surface area contributed by atoms with Gasteiger partial charge in [0.05, 0.1) is 12.0 Å². The average molecular weight is 435 g/mol. The Morgan fingerprint density at radius 1 is 0.968 bits per heavy atom. The summed E-state index contributed by atoms with van der Waals surface area (Å²) in [5.74, 6) is -1.04. The maximum Gasteiger partial charge on any atom is 0.312 e. The van der Waals surface area contributed by atoms with Crippen LogP contribution in [0.15, 0.2) is 70.1 Å². The van der Waals surface area contributed by atoms with Gasteiger partial charge in [0, 0.05) is 22.6 Å². The molecular weight excluding hydrogens is 420 g/mol. The predicted molar refractivity (Wildman–Crippen MR) is 115 cm³/mol. The standard InChI is InChI=1S/C24H15ClO6/c25-14-5-1-13(2-6-14)17-11-30-24-21-16(12-3-7-15(26)8-4-12)9-20(28)31-19(21)10-18(27)22(24)23(17)29/h1-8,10-11,16,26-27H,9H2/t16-/m1/s1. The topological polar surface area (TPSA) is 97.0 Å². The quantitative estimate of drug-likeness (QED) is 0.341. The molecule has 154 valence electrons. The van der Waals surface area contributed by atoms with Crippen molar-refractivity contribution in [1.29, 1.82) is 0 Å². The number of ether oxygens (including phenoxy) is 1. The molecule has 1 atom stereocenters. The maximum atomic E-state index is 13.3. The van der Waals surface area contributed by atoms with Gasteiger partial charge in [-0.15, -0.1) is 0 Å². The van der Waals surface area contributed by atoms with Gasteiger partial charge in [-0.25, -0.2) is 0 Å². The van der Waals surface area contributed by atoms with Gasteiger partial charge in [-0.1, -0.05) is 35.9 Å². The van der Waals surface area contributed by atoms with Crippen molar-refractivity contribution in [3.63, 3.8) is 0 Å². The van der Waals surface area contributed by atoms with Crippen LogP contribution < -0.4 is 10.2 Å². The van der Waals surface area contributed by atoms with Crippen molar-refractivity contribution in [3.05, 3.63) is 87.2 Å². The van der Waals surface area contributed by atoms with Crippen LogP contribution in [0.3, 0.4) is 0 Å². The number of hydrogen-bond donors (Lipinski definition) is 2. The summed E-state index contributed by atoms with van der Waals surface area (Å²) in [6.45, 7) is 0. The second-order valence-electron chi connectivity index (χ2n) is 7.32. The number of aromatic hydroxyl groups is 2. The molecule has 0 amide bonds. The van der Waals surface area contributed by atoms with E-state index in [2.05, 4.69) is 0 Å². The molecule has 2 heterocycles. The summed E-state index contributed by atoms with van der Waals surface area (Å²) in [6.07, 6.45) is 1.36. The third-order valence-corrected chi connectivity index (χ3v) is 5.67. The van der Waals surface area contributed by atoms with Crippen LogP contribution in [0.2, 0.25) is 5.02 Å². The minimum Gasteiger partial charge on any atom is -0.508 e. The van der Waals surface area contributed by atoms with E-state index in [0.717, 1.165) is 5.56 Å². The zero-order valence-corrected chi connectivity index (χ0v) is 16.7. The molecule has 2 N–H and O–H groups in total. The summed E-state index contributed by atoms with van der Waals surface area (Å²) in [6, 6.07) is 14.4. The summed E-state index contributed by atoms with van der Waals surface area (Å²) < 4.78 is 11.2. The number of carbonyl (C=O) groups is 1. The van der Waals surface area contributed by atoms with E-state index in [-0.39, 0.29) is 40.2 Å². The number of hydrogen-bond acceptors (Lipinski definition) is 6. The van der Waals surface area contributed by atoms with Crippen LogP contribution in [0.4, 0.5) is 0 Å². The highest BCUT2D eigenvalue weighted by Crippen LogP contribution is 2.45. The van der Waals surface area contributed by atoms with Crippen molar-refractivity contribution in [3.8, 4) is 28.4 Å². The molecule has 1 aromatic heterocycles. The van der Waals surface area contributed by atoms with Crippen molar-refractivity contribution in [2.24, 2.45) is 0 Å². The molecule has 0 saturated heterocycles. The molecule has 0 saturated carbocycles. The van der Waals surface area contributed by atoms with Crippen LogP contribution in [0.1, 0.15) is 23.5 Å². The lowest BCUT2D eigenvalue weighted by Gasteiger charge is -2.26. The fraction of sp³-hybridized carbons (Fsp3) is 0.0833. The van der Waals surface area contributed by atoms with Crippen molar-refractivity contribution in [1.82, 2.24) is 0 Å². The van der Waals surface area contributed by atoms with E-state index in [0.29, 0.717) is 16.1 Å². The summed E-state index contributed by atoms with van der Waals surface area (Å²) >= 11 is 5.94. The molecule has 4 aromatic rings. The molecule has 6 nitrogen and oxygen atoms in total. The van der Waals surface area contributed by atoms with E-state index in [1.807, 2.05) is 0 Å². The summed E-state index contributed by atoms with van der Waals surface area (Å²) in [4.78, 5) is 25.5. The van der Waals surface area contributed by atoms with E-state index in [1.54, 1.807) is 36.4 Å². The SMILES string of the molecule is O=C1C[C@H](c2ccc(O)cc2)c2c(cc(O)c3c(=O)c(-c4ccc(Cl)cc4)coc23)O1. The number of rotatable bonds is 2. The van der Waals surface area contributed by atoms with Crippen LogP contribution in [0.5, 0.6) is 17.2 Å². The minimum absolute atomic E-state index is 0.00734. The smallest absolute Gasteiger partial charge is 0.312 e. The van der Waals surface area contributed by atoms with Crippen molar-refractivity contribution >= 4 is 28.5 Å². The highest BCUT2D eigenvalue weighted by Gasteiger charge is 2.33. The third kappa shape index (κ3) is 3.21. The summed E-state index contributed by atoms with van der Waals surface area (Å²) in [5.41, 5.74) is 1.85. The fourth-order valence-corrected chi connectivity index (χ4v) is 4.08. The number of fused-ring (bicyclic) bond motifs is 3. The number of phenols is 2. The van der Waals surface area contributed by atoms with Gasteiger partial charge in [0.1, 0.15) is 34.5 Å². The zero-order valence-electron chi connectivity index (χ0n) is 16.0. The van der Waals surface area contributed by atoms with Gasteiger partial charge in [0.2, 0.25) is 5.43 Å². The molecule has 0 aliphatic carbocycles. The van der Waals surface area contributed by atoms with Crippen LogP contribution in [-0.4, -0.2) is 16.2 Å². The Labute approximate surface area is 180 Å². The van der Waals surface area contributed by atoms with Crippen LogP contribution >= 0.6 is 11.6 Å². The largest absolute Gasteiger partial charge is 0.508 e. The van der Waals surface area contributed by atoms with E-state index in [9.17, 15) is 19.8 Å². The second-order valence-corrected chi connectivity index (χ2v) is 7.76. The zero-order chi connectivity index (χ0) is 21.7. The van der Waals surface area contributed by atoms with E-state index >= 15 is 0 Å². The minimum atomic E-state index is -0.468. The monoisotopic (exact) mass is 434 g/mol. The molecular formula is C24H15ClO6. The van der Waals surface area contributed by atoms with E-state index in [4.69, 9.17) is 20.8 Å². The first kappa shape index (κ1) is 19.2. The van der Waals surface area contributed by atoms with Crippen molar-refractivity contribution < 1.29 is 24.2 Å². The summed E-state index contributed by atoms with van der Waals surface area (Å²) in [7, 11) is 0. The molecule has 31 heavy (non-hydrogen) atoms. The Hall–Kier alpha value is -3.77. The predicted octanol–water partition coefficient (Wildman–Crippen LogP) is 4.97. The molecule has 0 unspecified atom stereocenters. The van der Waals surface area contributed by atoms with Crippen molar-refractivity contribution in [2.45, 2.75) is 12.3 Å². The first-order valence-electron chi connectivity index (χ1n) is 9.49. The van der Waals surface area contributed by atoms with E-state index < -0.39 is 17.3 Å². The lowest BCUT2D eigenvalue weighted by molar-refractivity contribution is -0.135. The lowest BCUT2D eigenvalue weighted by Crippen LogP contribution is -2.22. The molecule has 0 radical (unpaired) electrons.